The van der Waals surface area contributed by atoms with Crippen LogP contribution in [0.15, 0.2) is 71.3 Å². The van der Waals surface area contributed by atoms with Crippen molar-refractivity contribution >= 4 is 51.9 Å². The molecule has 0 bridgehead atoms. The molecule has 168 valence electrons. The van der Waals surface area contributed by atoms with E-state index in [4.69, 9.17) is 37.1 Å². The molecular formula is C24H18Cl2N2O5. The Balaban J connectivity index is 1.51. The van der Waals surface area contributed by atoms with Gasteiger partial charge in [0.1, 0.15) is 17.9 Å². The molecule has 0 saturated heterocycles. The molecule has 2 aromatic heterocycles. The number of rotatable bonds is 7. The molecule has 0 aliphatic carbocycles. The van der Waals surface area contributed by atoms with Crippen LogP contribution in [-0.2, 0) is 16.1 Å². The largest absolute Gasteiger partial charge is 0.489 e. The number of para-hydroxylation sites is 2. The first-order chi connectivity index (χ1) is 15.9. The van der Waals surface area contributed by atoms with Gasteiger partial charge in [-0.2, -0.15) is 0 Å². The van der Waals surface area contributed by atoms with E-state index in [0.717, 1.165) is 5.39 Å². The van der Waals surface area contributed by atoms with E-state index in [1.807, 2.05) is 42.5 Å². The first-order valence-corrected chi connectivity index (χ1v) is 10.7. The molecule has 2 aromatic carbocycles. The summed E-state index contributed by atoms with van der Waals surface area (Å²) >= 11 is 11.8. The minimum Gasteiger partial charge on any atom is -0.489 e. The van der Waals surface area contributed by atoms with Crippen LogP contribution in [0.3, 0.4) is 0 Å². The number of hydrogen-bond donors (Lipinski definition) is 1. The van der Waals surface area contributed by atoms with Crippen LogP contribution in [0.25, 0.3) is 11.0 Å². The van der Waals surface area contributed by atoms with Crippen LogP contribution in [0.1, 0.15) is 23.0 Å². The minimum absolute atomic E-state index is 0.0329. The van der Waals surface area contributed by atoms with Crippen LogP contribution in [-0.4, -0.2) is 23.0 Å². The fraction of sp³-hybridized carbons (Fsp3) is 0.125. The fourth-order valence-electron chi connectivity index (χ4n) is 3.07. The van der Waals surface area contributed by atoms with E-state index < -0.39 is 18.0 Å². The number of ether oxygens (including phenoxy) is 2. The monoisotopic (exact) mass is 484 g/mol. The van der Waals surface area contributed by atoms with Crippen molar-refractivity contribution in [3.63, 3.8) is 0 Å². The van der Waals surface area contributed by atoms with Crippen molar-refractivity contribution in [2.45, 2.75) is 19.6 Å². The van der Waals surface area contributed by atoms with E-state index in [1.165, 1.54) is 19.2 Å². The lowest BCUT2D eigenvalue weighted by molar-refractivity contribution is -0.123. The molecule has 0 aliphatic heterocycles. The smallest absolute Gasteiger partial charge is 0.375 e. The number of aromatic nitrogens is 1. The van der Waals surface area contributed by atoms with Gasteiger partial charge in [-0.15, -0.1) is 0 Å². The average molecular weight is 485 g/mol. The Bertz CT molecular complexity index is 1310. The van der Waals surface area contributed by atoms with Gasteiger partial charge in [-0.05, 0) is 31.2 Å². The number of fused-ring (bicyclic) bond motifs is 1. The van der Waals surface area contributed by atoms with Gasteiger partial charge >= 0.3 is 5.97 Å². The number of esters is 1. The lowest BCUT2D eigenvalue weighted by Crippen LogP contribution is -2.30. The fourth-order valence-corrected chi connectivity index (χ4v) is 3.50. The second kappa shape index (κ2) is 9.94. The van der Waals surface area contributed by atoms with Crippen LogP contribution >= 0.6 is 23.2 Å². The number of carbonyl (C=O) groups is 2. The number of nitrogens with zero attached hydrogens (tertiary/aromatic N) is 1. The SMILES string of the molecule is C[C@@H](OC(=O)c1oc2ccccc2c1COc1ccccc1)C(=O)Nc1ncc(Cl)cc1Cl. The van der Waals surface area contributed by atoms with E-state index >= 15 is 0 Å². The highest BCUT2D eigenvalue weighted by molar-refractivity contribution is 6.36. The summed E-state index contributed by atoms with van der Waals surface area (Å²) < 4.78 is 16.9. The van der Waals surface area contributed by atoms with Gasteiger partial charge in [0.25, 0.3) is 5.91 Å². The van der Waals surface area contributed by atoms with Gasteiger partial charge in [-0.1, -0.05) is 59.6 Å². The zero-order valence-corrected chi connectivity index (χ0v) is 18.9. The quantitative estimate of drug-likeness (QED) is 0.328. The number of nitrogens with one attached hydrogen (secondary N) is 1. The molecular weight excluding hydrogens is 467 g/mol. The molecule has 33 heavy (non-hydrogen) atoms. The predicted octanol–water partition coefficient (Wildman–Crippen LogP) is 5.90. The molecule has 0 aliphatic rings. The molecule has 7 nitrogen and oxygen atoms in total. The minimum atomic E-state index is -1.15. The highest BCUT2D eigenvalue weighted by Crippen LogP contribution is 2.28. The third-order valence-electron chi connectivity index (χ3n) is 4.71. The molecule has 1 N–H and O–H groups in total. The second-order valence-electron chi connectivity index (χ2n) is 7.03. The number of halogens is 2. The number of anilines is 1. The van der Waals surface area contributed by atoms with E-state index in [1.54, 1.807) is 12.1 Å². The second-order valence-corrected chi connectivity index (χ2v) is 7.87. The van der Waals surface area contributed by atoms with Gasteiger partial charge in [0.05, 0.1) is 15.6 Å². The summed E-state index contributed by atoms with van der Waals surface area (Å²) in [5, 5.41) is 3.71. The molecule has 1 atom stereocenters. The summed E-state index contributed by atoms with van der Waals surface area (Å²) in [7, 11) is 0. The van der Waals surface area contributed by atoms with Crippen molar-refractivity contribution in [2.75, 3.05) is 5.32 Å². The Hall–Kier alpha value is -3.55. The Morgan fingerprint density at radius 2 is 1.82 bits per heavy atom. The van der Waals surface area contributed by atoms with Crippen molar-refractivity contribution in [1.82, 2.24) is 4.98 Å². The highest BCUT2D eigenvalue weighted by atomic mass is 35.5. The molecule has 0 fully saturated rings. The average Bonchev–Trinajstić information content (AvgIpc) is 3.19. The Morgan fingerprint density at radius 3 is 2.58 bits per heavy atom. The summed E-state index contributed by atoms with van der Waals surface area (Å²) in [6.07, 6.45) is 0.190. The number of furan rings is 1. The Labute approximate surface area is 199 Å². The van der Waals surface area contributed by atoms with Crippen molar-refractivity contribution in [2.24, 2.45) is 0 Å². The number of benzene rings is 2. The zero-order valence-electron chi connectivity index (χ0n) is 17.4. The molecule has 0 radical (unpaired) electrons. The number of pyridine rings is 1. The first-order valence-electron chi connectivity index (χ1n) is 9.93. The standard InChI is InChI=1S/C24H18Cl2N2O5/c1-14(23(29)28-22-19(26)11-15(25)12-27-22)32-24(30)21-18(13-31-16-7-3-2-4-8-16)17-9-5-6-10-20(17)33-21/h2-12,14H,13H2,1H3,(H,27,28,29)/t14-/m1/s1. The van der Waals surface area contributed by atoms with Gasteiger partial charge in [0.15, 0.2) is 11.9 Å². The van der Waals surface area contributed by atoms with Crippen LogP contribution in [0, 0.1) is 0 Å². The van der Waals surface area contributed by atoms with Gasteiger partial charge in [0.2, 0.25) is 5.76 Å². The van der Waals surface area contributed by atoms with Crippen molar-refractivity contribution < 1.29 is 23.5 Å². The summed E-state index contributed by atoms with van der Waals surface area (Å²) in [5.41, 5.74) is 1.03. The molecule has 0 unspecified atom stereocenters. The molecule has 4 aromatic rings. The van der Waals surface area contributed by atoms with Crippen LogP contribution < -0.4 is 10.1 Å². The summed E-state index contributed by atoms with van der Waals surface area (Å²) in [4.78, 5) is 29.4. The van der Waals surface area contributed by atoms with Crippen LogP contribution in [0.4, 0.5) is 5.82 Å². The van der Waals surface area contributed by atoms with Gasteiger partial charge in [-0.25, -0.2) is 9.78 Å². The van der Waals surface area contributed by atoms with Crippen LogP contribution in [0.2, 0.25) is 10.0 Å². The number of hydrogen-bond acceptors (Lipinski definition) is 6. The van der Waals surface area contributed by atoms with Crippen molar-refractivity contribution in [1.29, 1.82) is 0 Å². The highest BCUT2D eigenvalue weighted by Gasteiger charge is 2.26. The Morgan fingerprint density at radius 1 is 1.09 bits per heavy atom. The lowest BCUT2D eigenvalue weighted by atomic mass is 10.1. The predicted molar refractivity (Wildman–Crippen MR) is 125 cm³/mol. The maximum Gasteiger partial charge on any atom is 0.375 e. The van der Waals surface area contributed by atoms with Crippen molar-refractivity contribution in [3.8, 4) is 5.75 Å². The number of amides is 1. The number of carbonyl (C=O) groups excluding carboxylic acids is 2. The third-order valence-corrected chi connectivity index (χ3v) is 5.21. The maximum atomic E-state index is 12.9. The molecule has 0 spiro atoms. The molecule has 4 rings (SSSR count). The van der Waals surface area contributed by atoms with E-state index in [0.29, 0.717) is 21.9 Å². The van der Waals surface area contributed by atoms with E-state index in [-0.39, 0.29) is 23.2 Å². The normalized spacial score (nSPS) is 11.7. The van der Waals surface area contributed by atoms with E-state index in [9.17, 15) is 9.59 Å². The maximum absolute atomic E-state index is 12.9. The summed E-state index contributed by atoms with van der Waals surface area (Å²) in [6.45, 7) is 1.51. The summed E-state index contributed by atoms with van der Waals surface area (Å²) in [6, 6.07) is 17.8. The topological polar surface area (TPSA) is 90.7 Å². The summed E-state index contributed by atoms with van der Waals surface area (Å²) in [5.74, 6) is -0.694. The van der Waals surface area contributed by atoms with Gasteiger partial charge < -0.3 is 19.2 Å². The van der Waals surface area contributed by atoms with Crippen LogP contribution in [0.5, 0.6) is 5.75 Å². The molecule has 9 heteroatoms. The molecule has 1 amide bonds. The molecule has 0 saturated carbocycles. The lowest BCUT2D eigenvalue weighted by Gasteiger charge is -2.13. The zero-order chi connectivity index (χ0) is 23.4. The third kappa shape index (κ3) is 5.27. The van der Waals surface area contributed by atoms with Crippen molar-refractivity contribution in [3.05, 3.63) is 88.2 Å². The first kappa shape index (κ1) is 22.6. The van der Waals surface area contributed by atoms with Gasteiger partial charge in [0, 0.05) is 11.6 Å². The molecule has 2 heterocycles. The Kier molecular flexibility index (Phi) is 6.82. The van der Waals surface area contributed by atoms with Gasteiger partial charge in [-0.3, -0.25) is 4.79 Å². The van der Waals surface area contributed by atoms with E-state index in [2.05, 4.69) is 10.3 Å².